The number of methoxy groups -OCH3 is 1. The van der Waals surface area contributed by atoms with Crippen LogP contribution in [0.4, 0.5) is 0 Å². The van der Waals surface area contributed by atoms with E-state index < -0.39 is 5.60 Å². The lowest BCUT2D eigenvalue weighted by atomic mass is 9.76. The third kappa shape index (κ3) is 3.16. The predicted octanol–water partition coefficient (Wildman–Crippen LogP) is 3.34. The van der Waals surface area contributed by atoms with Gasteiger partial charge in [0.25, 0.3) is 0 Å². The van der Waals surface area contributed by atoms with Gasteiger partial charge in [-0.25, -0.2) is 0 Å². The first-order chi connectivity index (χ1) is 9.93. The molecule has 118 valence electrons. The van der Waals surface area contributed by atoms with E-state index in [1.165, 1.54) is 0 Å². The van der Waals surface area contributed by atoms with Gasteiger partial charge in [0.1, 0.15) is 5.60 Å². The van der Waals surface area contributed by atoms with Crippen molar-refractivity contribution in [3.63, 3.8) is 0 Å². The van der Waals surface area contributed by atoms with Gasteiger partial charge in [0.15, 0.2) is 5.78 Å². The van der Waals surface area contributed by atoms with E-state index in [-0.39, 0.29) is 5.78 Å². The number of hydrogen-bond donors (Lipinski definition) is 0. The summed E-state index contributed by atoms with van der Waals surface area (Å²) in [6, 6.07) is 0. The van der Waals surface area contributed by atoms with Gasteiger partial charge in [-0.05, 0) is 38.0 Å². The second-order valence-corrected chi connectivity index (χ2v) is 6.54. The SMILES string of the molecule is CCc1nn(C)c(CC(=O)C2(OC)CCC(C)CC2)c1Cl. The number of carbonyl (C=O) groups excluding carboxylic acids is 1. The summed E-state index contributed by atoms with van der Waals surface area (Å²) in [4.78, 5) is 12.8. The van der Waals surface area contributed by atoms with Gasteiger partial charge in [0, 0.05) is 14.2 Å². The minimum Gasteiger partial charge on any atom is -0.370 e. The fraction of sp³-hybridized carbons (Fsp3) is 0.750. The molecule has 1 aliphatic rings. The normalized spacial score (nSPS) is 26.0. The molecule has 4 nitrogen and oxygen atoms in total. The van der Waals surface area contributed by atoms with E-state index in [2.05, 4.69) is 12.0 Å². The minimum absolute atomic E-state index is 0.129. The molecule has 0 radical (unpaired) electrons. The number of ketones is 1. The van der Waals surface area contributed by atoms with E-state index in [9.17, 15) is 4.79 Å². The Balaban J connectivity index is 2.19. The van der Waals surface area contributed by atoms with Gasteiger partial charge < -0.3 is 4.74 Å². The third-order valence-corrected chi connectivity index (χ3v) is 5.25. The van der Waals surface area contributed by atoms with E-state index in [0.717, 1.165) is 43.5 Å². The first-order valence-corrected chi connectivity index (χ1v) is 8.10. The molecule has 1 fully saturated rings. The molecular weight excluding hydrogens is 288 g/mol. The van der Waals surface area contributed by atoms with Crippen LogP contribution in [0.1, 0.15) is 50.9 Å². The standard InChI is InChI=1S/C16H25ClN2O2/c1-5-12-15(17)13(19(3)18-12)10-14(20)16(21-4)8-6-11(2)7-9-16/h11H,5-10H2,1-4H3. The van der Waals surface area contributed by atoms with E-state index in [1.807, 2.05) is 14.0 Å². The van der Waals surface area contributed by atoms with Crippen LogP contribution in [-0.4, -0.2) is 28.3 Å². The molecule has 0 aliphatic heterocycles. The van der Waals surface area contributed by atoms with Crippen LogP contribution in [0.15, 0.2) is 0 Å². The molecule has 0 atom stereocenters. The summed E-state index contributed by atoms with van der Waals surface area (Å²) >= 11 is 6.35. The molecule has 1 saturated carbocycles. The molecule has 0 amide bonds. The first-order valence-electron chi connectivity index (χ1n) is 7.72. The molecule has 0 saturated heterocycles. The number of ether oxygens (including phenoxy) is 1. The highest BCUT2D eigenvalue weighted by molar-refractivity contribution is 6.32. The van der Waals surface area contributed by atoms with Crippen LogP contribution < -0.4 is 0 Å². The van der Waals surface area contributed by atoms with Gasteiger partial charge in [-0.1, -0.05) is 25.4 Å². The van der Waals surface area contributed by atoms with Crippen LogP contribution in [0.2, 0.25) is 5.02 Å². The Hall–Kier alpha value is -0.870. The van der Waals surface area contributed by atoms with Crippen molar-refractivity contribution in [2.45, 2.75) is 58.0 Å². The highest BCUT2D eigenvalue weighted by Crippen LogP contribution is 2.36. The number of aromatic nitrogens is 2. The number of aryl methyl sites for hydroxylation is 2. The molecular formula is C16H25ClN2O2. The van der Waals surface area contributed by atoms with Crippen LogP contribution in [-0.2, 0) is 29.4 Å². The fourth-order valence-electron chi connectivity index (χ4n) is 3.15. The van der Waals surface area contributed by atoms with Gasteiger partial charge in [-0.15, -0.1) is 0 Å². The van der Waals surface area contributed by atoms with Gasteiger partial charge in [0.05, 0.1) is 22.8 Å². The van der Waals surface area contributed by atoms with E-state index in [1.54, 1.807) is 11.8 Å². The van der Waals surface area contributed by atoms with Crippen LogP contribution in [0.5, 0.6) is 0 Å². The summed E-state index contributed by atoms with van der Waals surface area (Å²) in [5.74, 6) is 0.803. The molecule has 21 heavy (non-hydrogen) atoms. The van der Waals surface area contributed by atoms with Crippen molar-refractivity contribution < 1.29 is 9.53 Å². The quantitative estimate of drug-likeness (QED) is 0.837. The van der Waals surface area contributed by atoms with E-state index in [4.69, 9.17) is 16.3 Å². The Morgan fingerprint density at radius 1 is 1.48 bits per heavy atom. The Labute approximate surface area is 131 Å². The van der Waals surface area contributed by atoms with Crippen LogP contribution in [0.3, 0.4) is 0 Å². The number of halogens is 1. The molecule has 1 aromatic heterocycles. The van der Waals surface area contributed by atoms with Crippen molar-refractivity contribution in [2.24, 2.45) is 13.0 Å². The maximum Gasteiger partial charge on any atom is 0.170 e. The predicted molar refractivity (Wildman–Crippen MR) is 83.7 cm³/mol. The molecule has 0 unspecified atom stereocenters. The molecule has 0 N–H and O–H groups in total. The lowest BCUT2D eigenvalue weighted by Gasteiger charge is -2.37. The summed E-state index contributed by atoms with van der Waals surface area (Å²) in [5.41, 5.74) is 1.02. The maximum absolute atomic E-state index is 12.8. The van der Waals surface area contributed by atoms with Crippen molar-refractivity contribution in [2.75, 3.05) is 7.11 Å². The van der Waals surface area contributed by atoms with Gasteiger partial charge >= 0.3 is 0 Å². The van der Waals surface area contributed by atoms with Crippen molar-refractivity contribution in [1.29, 1.82) is 0 Å². The fourth-order valence-corrected chi connectivity index (χ4v) is 3.51. The van der Waals surface area contributed by atoms with Crippen molar-refractivity contribution in [1.82, 2.24) is 9.78 Å². The lowest BCUT2D eigenvalue weighted by Crippen LogP contribution is -2.45. The number of rotatable bonds is 5. The molecule has 1 heterocycles. The number of Topliss-reactive ketones (excluding diaryl/α,β-unsaturated/α-hetero) is 1. The van der Waals surface area contributed by atoms with Crippen molar-refractivity contribution in [3.05, 3.63) is 16.4 Å². The zero-order chi connectivity index (χ0) is 15.6. The summed E-state index contributed by atoms with van der Waals surface area (Å²) in [6.07, 6.45) is 4.76. The van der Waals surface area contributed by atoms with Crippen LogP contribution >= 0.6 is 11.6 Å². The minimum atomic E-state index is -0.632. The number of nitrogens with zero attached hydrogens (tertiary/aromatic N) is 2. The largest absolute Gasteiger partial charge is 0.370 e. The molecule has 5 heteroatoms. The summed E-state index contributed by atoms with van der Waals surface area (Å²) in [5, 5.41) is 5.01. The van der Waals surface area contributed by atoms with E-state index >= 15 is 0 Å². The smallest absolute Gasteiger partial charge is 0.170 e. The Kier molecular flexibility index (Phi) is 5.10. The number of carbonyl (C=O) groups is 1. The molecule has 1 aromatic rings. The first kappa shape index (κ1) is 16.5. The van der Waals surface area contributed by atoms with Gasteiger partial charge in [0.2, 0.25) is 0 Å². The second kappa shape index (κ2) is 6.49. The van der Waals surface area contributed by atoms with Crippen LogP contribution in [0, 0.1) is 5.92 Å². The summed E-state index contributed by atoms with van der Waals surface area (Å²) in [6.45, 7) is 4.24. The molecule has 0 aromatic carbocycles. The zero-order valence-corrected chi connectivity index (χ0v) is 14.2. The average Bonchev–Trinajstić information content (AvgIpc) is 2.75. The van der Waals surface area contributed by atoms with Crippen molar-refractivity contribution in [3.8, 4) is 0 Å². The summed E-state index contributed by atoms with van der Waals surface area (Å²) in [7, 11) is 3.49. The highest BCUT2D eigenvalue weighted by Gasteiger charge is 2.41. The number of hydrogen-bond acceptors (Lipinski definition) is 3. The monoisotopic (exact) mass is 312 g/mol. The third-order valence-electron chi connectivity index (χ3n) is 4.81. The van der Waals surface area contributed by atoms with Gasteiger partial charge in [-0.2, -0.15) is 5.10 Å². The highest BCUT2D eigenvalue weighted by atomic mass is 35.5. The molecule has 0 spiro atoms. The molecule has 1 aliphatic carbocycles. The Morgan fingerprint density at radius 3 is 2.57 bits per heavy atom. The van der Waals surface area contributed by atoms with E-state index in [0.29, 0.717) is 17.4 Å². The van der Waals surface area contributed by atoms with Crippen molar-refractivity contribution >= 4 is 17.4 Å². The summed E-state index contributed by atoms with van der Waals surface area (Å²) < 4.78 is 7.38. The molecule has 0 bridgehead atoms. The lowest BCUT2D eigenvalue weighted by molar-refractivity contribution is -0.145. The maximum atomic E-state index is 12.8. The Morgan fingerprint density at radius 2 is 2.10 bits per heavy atom. The topological polar surface area (TPSA) is 44.1 Å². The molecule has 2 rings (SSSR count). The van der Waals surface area contributed by atoms with Gasteiger partial charge in [-0.3, -0.25) is 9.48 Å². The zero-order valence-electron chi connectivity index (χ0n) is 13.4. The van der Waals surface area contributed by atoms with Crippen LogP contribution in [0.25, 0.3) is 0 Å². The Bertz CT molecular complexity index is 517. The average molecular weight is 313 g/mol. The second-order valence-electron chi connectivity index (χ2n) is 6.17.